The number of amides is 1. The lowest BCUT2D eigenvalue weighted by Crippen LogP contribution is -2.37. The van der Waals surface area contributed by atoms with Crippen LogP contribution in [-0.4, -0.2) is 23.9 Å². The lowest BCUT2D eigenvalue weighted by Gasteiger charge is -2.27. The minimum Gasteiger partial charge on any atom is -0.339 e. The Morgan fingerprint density at radius 3 is 2.93 bits per heavy atom. The summed E-state index contributed by atoms with van der Waals surface area (Å²) in [5, 5.41) is 0. The molecule has 0 N–H and O–H groups in total. The first-order chi connectivity index (χ1) is 6.72. The maximum absolute atomic E-state index is 11.9. The normalized spacial score (nSPS) is 15.6. The van der Waals surface area contributed by atoms with E-state index < -0.39 is 0 Å². The fourth-order valence-corrected chi connectivity index (χ4v) is 1.97. The Bertz CT molecular complexity index is 371. The molecule has 0 aromatic heterocycles. The lowest BCUT2D eigenvalue weighted by atomic mass is 9.97. The Balaban J connectivity index is 2.41. The van der Waals surface area contributed by atoms with Gasteiger partial charge in [-0.25, -0.2) is 0 Å². The summed E-state index contributed by atoms with van der Waals surface area (Å²) in [7, 11) is 0. The first kappa shape index (κ1) is 9.25. The number of hydrogen-bond acceptors (Lipinski definition) is 1. The van der Waals surface area contributed by atoms with Crippen LogP contribution >= 0.6 is 0 Å². The van der Waals surface area contributed by atoms with Crippen molar-refractivity contribution in [3.8, 4) is 0 Å². The molecule has 0 spiro atoms. The van der Waals surface area contributed by atoms with Crippen LogP contribution in [0, 0.1) is 6.92 Å². The molecular formula is C12H15NO. The second kappa shape index (κ2) is 3.45. The molecule has 1 aromatic rings. The molecule has 0 bridgehead atoms. The average Bonchev–Trinajstić information content (AvgIpc) is 2.18. The van der Waals surface area contributed by atoms with Crippen LogP contribution in [0.25, 0.3) is 0 Å². The minimum atomic E-state index is 0.189. The van der Waals surface area contributed by atoms with Gasteiger partial charge in [-0.1, -0.05) is 17.7 Å². The molecular weight excluding hydrogens is 174 g/mol. The van der Waals surface area contributed by atoms with Crippen molar-refractivity contribution < 1.29 is 4.79 Å². The number of aryl methyl sites for hydroxylation is 1. The molecule has 0 aliphatic carbocycles. The van der Waals surface area contributed by atoms with Crippen LogP contribution in [0.2, 0.25) is 0 Å². The van der Waals surface area contributed by atoms with Crippen molar-refractivity contribution in [2.24, 2.45) is 0 Å². The lowest BCUT2D eigenvalue weighted by molar-refractivity contribution is 0.0749. The third-order valence-corrected chi connectivity index (χ3v) is 2.81. The Morgan fingerprint density at radius 1 is 1.43 bits per heavy atom. The van der Waals surface area contributed by atoms with Gasteiger partial charge in [0.2, 0.25) is 0 Å². The molecule has 74 valence electrons. The van der Waals surface area contributed by atoms with Crippen molar-refractivity contribution in [2.75, 3.05) is 13.1 Å². The van der Waals surface area contributed by atoms with Crippen molar-refractivity contribution in [2.45, 2.75) is 20.3 Å². The molecule has 0 saturated carbocycles. The van der Waals surface area contributed by atoms with E-state index in [0.29, 0.717) is 0 Å². The van der Waals surface area contributed by atoms with Gasteiger partial charge < -0.3 is 4.90 Å². The Labute approximate surface area is 84.5 Å². The largest absolute Gasteiger partial charge is 0.339 e. The zero-order valence-electron chi connectivity index (χ0n) is 8.71. The van der Waals surface area contributed by atoms with Gasteiger partial charge >= 0.3 is 0 Å². The number of hydrogen-bond donors (Lipinski definition) is 0. The zero-order valence-corrected chi connectivity index (χ0v) is 8.71. The Morgan fingerprint density at radius 2 is 2.21 bits per heavy atom. The Hall–Kier alpha value is -1.31. The summed E-state index contributed by atoms with van der Waals surface area (Å²) < 4.78 is 0. The van der Waals surface area contributed by atoms with Crippen molar-refractivity contribution in [1.82, 2.24) is 4.90 Å². The second-order valence-electron chi connectivity index (χ2n) is 3.80. The van der Waals surface area contributed by atoms with E-state index >= 15 is 0 Å². The number of benzene rings is 1. The monoisotopic (exact) mass is 189 g/mol. The zero-order chi connectivity index (χ0) is 10.1. The van der Waals surface area contributed by atoms with Gasteiger partial charge in [0.05, 0.1) is 0 Å². The number of rotatable bonds is 1. The Kier molecular flexibility index (Phi) is 2.28. The summed E-state index contributed by atoms with van der Waals surface area (Å²) in [4.78, 5) is 13.8. The topological polar surface area (TPSA) is 20.3 Å². The molecule has 0 atom stereocenters. The molecule has 0 unspecified atom stereocenters. The van der Waals surface area contributed by atoms with Gasteiger partial charge in [0.25, 0.3) is 5.91 Å². The van der Waals surface area contributed by atoms with E-state index in [4.69, 9.17) is 0 Å². The van der Waals surface area contributed by atoms with Gasteiger partial charge in [-0.05, 0) is 31.9 Å². The van der Waals surface area contributed by atoms with Crippen LogP contribution in [0.5, 0.6) is 0 Å². The van der Waals surface area contributed by atoms with Gasteiger partial charge in [-0.3, -0.25) is 4.79 Å². The summed E-state index contributed by atoms with van der Waals surface area (Å²) in [6, 6.07) is 6.09. The van der Waals surface area contributed by atoms with E-state index in [1.807, 2.05) is 24.0 Å². The maximum atomic E-state index is 11.9. The SMILES string of the molecule is CCN1CCc2cc(C)ccc2C1=O. The predicted molar refractivity (Wildman–Crippen MR) is 56.5 cm³/mol. The van der Waals surface area contributed by atoms with Crippen LogP contribution in [0.15, 0.2) is 18.2 Å². The van der Waals surface area contributed by atoms with Crippen molar-refractivity contribution in [1.29, 1.82) is 0 Å². The maximum Gasteiger partial charge on any atom is 0.254 e. The molecule has 14 heavy (non-hydrogen) atoms. The number of carbonyl (C=O) groups is 1. The van der Waals surface area contributed by atoms with E-state index in [-0.39, 0.29) is 5.91 Å². The van der Waals surface area contributed by atoms with Crippen LogP contribution < -0.4 is 0 Å². The summed E-state index contributed by atoms with van der Waals surface area (Å²) in [5.74, 6) is 0.189. The van der Waals surface area contributed by atoms with E-state index in [9.17, 15) is 4.79 Å². The highest BCUT2D eigenvalue weighted by molar-refractivity contribution is 5.96. The number of fused-ring (bicyclic) bond motifs is 1. The summed E-state index contributed by atoms with van der Waals surface area (Å²) in [6.07, 6.45) is 0.997. The van der Waals surface area contributed by atoms with Gasteiger partial charge in [-0.15, -0.1) is 0 Å². The summed E-state index contributed by atoms with van der Waals surface area (Å²) in [6.45, 7) is 5.77. The first-order valence-electron chi connectivity index (χ1n) is 5.11. The van der Waals surface area contributed by atoms with Crippen LogP contribution in [0.4, 0.5) is 0 Å². The molecule has 1 aromatic carbocycles. The highest BCUT2D eigenvalue weighted by Crippen LogP contribution is 2.19. The third kappa shape index (κ3) is 1.41. The quantitative estimate of drug-likeness (QED) is 0.661. The molecule has 1 heterocycles. The van der Waals surface area contributed by atoms with Crippen LogP contribution in [0.1, 0.15) is 28.4 Å². The smallest absolute Gasteiger partial charge is 0.254 e. The molecule has 2 rings (SSSR count). The number of carbonyl (C=O) groups excluding carboxylic acids is 1. The summed E-state index contributed by atoms with van der Waals surface area (Å²) >= 11 is 0. The molecule has 1 aliphatic rings. The van der Waals surface area contributed by atoms with E-state index in [0.717, 1.165) is 25.1 Å². The van der Waals surface area contributed by atoms with Gasteiger partial charge in [0, 0.05) is 18.7 Å². The predicted octanol–water partition coefficient (Wildman–Crippen LogP) is 2.01. The van der Waals surface area contributed by atoms with Crippen molar-refractivity contribution in [3.63, 3.8) is 0 Å². The number of nitrogens with zero attached hydrogens (tertiary/aromatic N) is 1. The minimum absolute atomic E-state index is 0.189. The van der Waals surface area contributed by atoms with Crippen LogP contribution in [0.3, 0.4) is 0 Å². The van der Waals surface area contributed by atoms with Crippen molar-refractivity contribution >= 4 is 5.91 Å². The van der Waals surface area contributed by atoms with E-state index in [1.165, 1.54) is 11.1 Å². The van der Waals surface area contributed by atoms with Gasteiger partial charge in [-0.2, -0.15) is 0 Å². The molecule has 1 amide bonds. The molecule has 1 aliphatic heterocycles. The molecule has 0 saturated heterocycles. The number of likely N-dealkylation sites (N-methyl/N-ethyl adjacent to an activating group) is 1. The highest BCUT2D eigenvalue weighted by Gasteiger charge is 2.22. The second-order valence-corrected chi connectivity index (χ2v) is 3.80. The van der Waals surface area contributed by atoms with Gasteiger partial charge in [0.15, 0.2) is 0 Å². The van der Waals surface area contributed by atoms with E-state index in [1.54, 1.807) is 0 Å². The molecule has 2 nitrogen and oxygen atoms in total. The average molecular weight is 189 g/mol. The van der Waals surface area contributed by atoms with Crippen LogP contribution in [-0.2, 0) is 6.42 Å². The molecule has 0 fully saturated rings. The van der Waals surface area contributed by atoms with E-state index in [2.05, 4.69) is 13.0 Å². The third-order valence-electron chi connectivity index (χ3n) is 2.81. The molecule has 0 radical (unpaired) electrons. The highest BCUT2D eigenvalue weighted by atomic mass is 16.2. The summed E-state index contributed by atoms with van der Waals surface area (Å²) in [5.41, 5.74) is 3.34. The van der Waals surface area contributed by atoms with Gasteiger partial charge in [0.1, 0.15) is 0 Å². The standard InChI is InChI=1S/C12H15NO/c1-3-13-7-6-10-8-9(2)4-5-11(10)12(13)14/h4-5,8H,3,6-7H2,1-2H3. The molecule has 2 heteroatoms. The first-order valence-corrected chi connectivity index (χ1v) is 5.11. The fourth-order valence-electron chi connectivity index (χ4n) is 1.97. The van der Waals surface area contributed by atoms with Crippen molar-refractivity contribution in [3.05, 3.63) is 34.9 Å². The fraction of sp³-hybridized carbons (Fsp3) is 0.417.